The van der Waals surface area contributed by atoms with Gasteiger partial charge in [-0.1, -0.05) is 26.8 Å². The minimum atomic E-state index is -3.03. The zero-order valence-corrected chi connectivity index (χ0v) is 35.3. The molecule has 4 amide bonds. The Morgan fingerprint density at radius 2 is 1.93 bits per heavy atom. The number of pyridine rings is 2. The number of likely N-dealkylation sites (tertiary alicyclic amines) is 2. The number of nitrogens with one attached hydrogen (secondary N) is 1. The predicted molar refractivity (Wildman–Crippen MR) is 219 cm³/mol. The number of ether oxygens (including phenoxy) is 2. The number of methoxy groups -OCH3 is 1. The Labute approximate surface area is 350 Å². The molecule has 0 spiro atoms. The number of aryl methyl sites for hydroxylation is 1. The van der Waals surface area contributed by atoms with Gasteiger partial charge in [0.25, 0.3) is 23.1 Å². The van der Waals surface area contributed by atoms with E-state index in [1.165, 1.54) is 11.0 Å². The molecule has 1 aromatic carbocycles. The van der Waals surface area contributed by atoms with Gasteiger partial charge < -0.3 is 24.6 Å². The molecule has 322 valence electrons. The molecule has 2 saturated carbocycles. The molecule has 2 unspecified atom stereocenters. The van der Waals surface area contributed by atoms with Crippen molar-refractivity contribution in [1.29, 1.82) is 0 Å². The van der Waals surface area contributed by atoms with Crippen LogP contribution in [0.1, 0.15) is 71.3 Å². The zero-order chi connectivity index (χ0) is 43.3. The SMILES string of the molecule is C=C[C@@H]1CC1(NC(=O)[C@@H]1C[C@@H](Oc2cc(-c3cccnc3)nc3c(C)c(OC)ccc23)CN1C(=O)[C@@H](CC(=O)N1CCCC(F)(F)C1)C(C)(C)C)C(=O)N(C1CC1)S(=O)O. The van der Waals surface area contributed by atoms with Gasteiger partial charge in [-0.25, -0.2) is 22.3 Å². The number of piperidine rings is 1. The number of carbonyl (C=O) groups excluding carboxylic acids is 4. The third-order valence-electron chi connectivity index (χ3n) is 12.2. The quantitative estimate of drug-likeness (QED) is 0.166. The molecule has 60 heavy (non-hydrogen) atoms. The second-order valence-corrected chi connectivity index (χ2v) is 18.4. The molecule has 2 N–H and O–H groups in total. The molecule has 2 aliphatic carbocycles. The van der Waals surface area contributed by atoms with Crippen molar-refractivity contribution in [2.45, 2.75) is 102 Å². The van der Waals surface area contributed by atoms with Crippen LogP contribution < -0.4 is 14.8 Å². The van der Waals surface area contributed by atoms with E-state index in [4.69, 9.17) is 14.5 Å². The standard InChI is InChI=1S/C43H52F2N6O8S/c1-7-27-21-43(27,40(55)51(60(56)57)28-11-12-28)48-38(53)33-18-29(23-50(33)39(54)31(41(3,4)5)19-36(52)49-17-9-15-42(44,45)24-49)59-35-20-32(26-10-8-16-46-22-26)47-37-25(2)34(58-6)14-13-30(35)37/h7-8,10,13-14,16,20,22,27-29,31,33H,1,9,11-12,15,17-19,21,23-24H2,2-6H3,(H,48,53)(H,56,57)/t27-,29-,31-,33+,43?/m1/s1. The average Bonchev–Trinajstić information content (AvgIpc) is 4.12. The first-order valence-corrected chi connectivity index (χ1v) is 21.3. The van der Waals surface area contributed by atoms with Crippen molar-refractivity contribution < 1.29 is 46.2 Å². The van der Waals surface area contributed by atoms with Crippen LogP contribution in [0.5, 0.6) is 11.5 Å². The maximum Gasteiger partial charge on any atom is 0.265 e. The number of carbonyl (C=O) groups is 4. The lowest BCUT2D eigenvalue weighted by atomic mass is 9.77. The van der Waals surface area contributed by atoms with Gasteiger partial charge in [0.2, 0.25) is 17.7 Å². The highest BCUT2D eigenvalue weighted by Crippen LogP contribution is 2.48. The van der Waals surface area contributed by atoms with Gasteiger partial charge in [0.15, 0.2) is 0 Å². The number of rotatable bonds is 13. The van der Waals surface area contributed by atoms with Gasteiger partial charge in [0.1, 0.15) is 29.2 Å². The number of hydrogen-bond acceptors (Lipinski definition) is 9. The lowest BCUT2D eigenvalue weighted by Crippen LogP contribution is -2.58. The van der Waals surface area contributed by atoms with Crippen LogP contribution in [0.4, 0.5) is 8.78 Å². The van der Waals surface area contributed by atoms with E-state index in [1.807, 2.05) is 19.1 Å². The van der Waals surface area contributed by atoms with E-state index in [-0.39, 0.29) is 45.2 Å². The smallest absolute Gasteiger partial charge is 0.265 e. The number of alkyl halides is 2. The van der Waals surface area contributed by atoms with Gasteiger partial charge in [-0.2, -0.15) is 0 Å². The van der Waals surface area contributed by atoms with E-state index < -0.39 is 88.3 Å². The maximum atomic E-state index is 14.9. The summed E-state index contributed by atoms with van der Waals surface area (Å²) < 4.78 is 64.6. The van der Waals surface area contributed by atoms with Crippen LogP contribution in [0.15, 0.2) is 55.4 Å². The van der Waals surface area contributed by atoms with E-state index in [0.717, 1.165) is 20.3 Å². The van der Waals surface area contributed by atoms with E-state index in [1.54, 1.807) is 58.5 Å². The van der Waals surface area contributed by atoms with Crippen LogP contribution in [0.3, 0.4) is 0 Å². The first kappa shape index (κ1) is 43.1. The van der Waals surface area contributed by atoms with Crippen LogP contribution in [0.2, 0.25) is 0 Å². The van der Waals surface area contributed by atoms with Crippen molar-refractivity contribution in [3.8, 4) is 22.8 Å². The molecule has 2 saturated heterocycles. The Morgan fingerprint density at radius 1 is 1.18 bits per heavy atom. The summed E-state index contributed by atoms with van der Waals surface area (Å²) in [6.07, 6.45) is 4.71. The van der Waals surface area contributed by atoms with E-state index in [0.29, 0.717) is 40.9 Å². The third kappa shape index (κ3) is 8.60. The van der Waals surface area contributed by atoms with Crippen molar-refractivity contribution in [2.75, 3.05) is 26.7 Å². The normalized spacial score (nSPS) is 24.6. The highest BCUT2D eigenvalue weighted by molar-refractivity contribution is 7.77. The Morgan fingerprint density at radius 3 is 2.53 bits per heavy atom. The van der Waals surface area contributed by atoms with E-state index in [9.17, 15) is 36.7 Å². The molecular formula is C43H52F2N6O8S. The van der Waals surface area contributed by atoms with Crippen LogP contribution >= 0.6 is 0 Å². The fraction of sp³-hybridized carbons (Fsp3) is 0.535. The second-order valence-electron chi connectivity index (χ2n) is 17.5. The molecule has 4 aliphatic rings. The fourth-order valence-electron chi connectivity index (χ4n) is 8.55. The summed E-state index contributed by atoms with van der Waals surface area (Å²) in [4.78, 5) is 68.9. The van der Waals surface area contributed by atoms with E-state index >= 15 is 0 Å². The lowest BCUT2D eigenvalue weighted by Gasteiger charge is -2.37. The molecule has 14 nitrogen and oxygen atoms in total. The summed E-state index contributed by atoms with van der Waals surface area (Å²) in [5.74, 6) is -6.08. The van der Waals surface area contributed by atoms with Gasteiger partial charge >= 0.3 is 0 Å². The summed E-state index contributed by atoms with van der Waals surface area (Å²) in [5.41, 5.74) is 0.239. The van der Waals surface area contributed by atoms with Gasteiger partial charge in [0.05, 0.1) is 37.3 Å². The van der Waals surface area contributed by atoms with Crippen molar-refractivity contribution in [2.24, 2.45) is 17.3 Å². The zero-order valence-electron chi connectivity index (χ0n) is 34.5. The van der Waals surface area contributed by atoms with Gasteiger partial charge in [-0.3, -0.25) is 28.7 Å². The summed E-state index contributed by atoms with van der Waals surface area (Å²) in [5, 5.41) is 3.52. The first-order valence-electron chi connectivity index (χ1n) is 20.3. The molecule has 2 aliphatic heterocycles. The van der Waals surface area contributed by atoms with Crippen molar-refractivity contribution in [1.82, 2.24) is 29.4 Å². The largest absolute Gasteiger partial charge is 0.496 e. The predicted octanol–water partition coefficient (Wildman–Crippen LogP) is 5.46. The van der Waals surface area contributed by atoms with Gasteiger partial charge in [0, 0.05) is 72.7 Å². The van der Waals surface area contributed by atoms with Gasteiger partial charge in [-0.05, 0) is 62.3 Å². The fourth-order valence-corrected chi connectivity index (χ4v) is 9.32. The number of aromatic nitrogens is 2. The molecule has 0 radical (unpaired) electrons. The summed E-state index contributed by atoms with van der Waals surface area (Å²) in [6.45, 7) is 10.4. The maximum absolute atomic E-state index is 14.9. The molecule has 2 aromatic heterocycles. The highest BCUT2D eigenvalue weighted by Gasteiger charge is 2.64. The molecule has 3 aromatic rings. The third-order valence-corrected chi connectivity index (χ3v) is 13.0. The van der Waals surface area contributed by atoms with Crippen molar-refractivity contribution in [3.63, 3.8) is 0 Å². The van der Waals surface area contributed by atoms with Crippen LogP contribution in [0.25, 0.3) is 22.2 Å². The van der Waals surface area contributed by atoms with Crippen LogP contribution in [-0.4, -0.2) is 113 Å². The highest BCUT2D eigenvalue weighted by atomic mass is 32.2. The van der Waals surface area contributed by atoms with E-state index in [2.05, 4.69) is 16.9 Å². The van der Waals surface area contributed by atoms with Crippen LogP contribution in [0, 0.1) is 24.2 Å². The summed E-state index contributed by atoms with van der Waals surface area (Å²) in [6, 6.07) is 7.38. The molecule has 6 atom stereocenters. The number of fused-ring (bicyclic) bond motifs is 1. The number of benzene rings is 1. The topological polar surface area (TPSA) is 172 Å². The van der Waals surface area contributed by atoms with Crippen molar-refractivity contribution >= 4 is 45.8 Å². The minimum Gasteiger partial charge on any atom is -0.496 e. The number of nitrogens with zero attached hydrogens (tertiary/aromatic N) is 5. The summed E-state index contributed by atoms with van der Waals surface area (Å²) in [7, 11) is 1.56. The Balaban J connectivity index is 1.24. The number of hydrogen-bond donors (Lipinski definition) is 2. The second kappa shape index (κ2) is 16.4. The Bertz CT molecular complexity index is 2220. The molecular weight excluding hydrogens is 799 g/mol. The summed E-state index contributed by atoms with van der Waals surface area (Å²) >= 11 is -2.63. The molecule has 17 heteroatoms. The minimum absolute atomic E-state index is 0.0246. The average molecular weight is 851 g/mol. The van der Waals surface area contributed by atoms with Gasteiger partial charge in [-0.15, -0.1) is 6.58 Å². The first-order chi connectivity index (χ1) is 28.4. The van der Waals surface area contributed by atoms with Crippen LogP contribution in [-0.2, 0) is 30.4 Å². The lowest BCUT2D eigenvalue weighted by molar-refractivity contribution is -0.151. The van der Waals surface area contributed by atoms with Crippen molar-refractivity contribution in [3.05, 3.63) is 60.9 Å². The molecule has 4 heterocycles. The Kier molecular flexibility index (Phi) is 11.8. The number of amides is 4. The monoisotopic (exact) mass is 850 g/mol. The molecule has 0 bridgehead atoms. The molecule has 7 rings (SSSR count). The molecule has 4 fully saturated rings. The Hall–Kier alpha value is -5.03. The number of halogens is 2.